The van der Waals surface area contributed by atoms with Gasteiger partial charge in [-0.1, -0.05) is 31.9 Å². The molecule has 39 heavy (non-hydrogen) atoms. The van der Waals surface area contributed by atoms with Crippen molar-refractivity contribution in [3.8, 4) is 41.0 Å². The number of para-hydroxylation sites is 1. The molecule has 1 aromatic heterocycles. The predicted molar refractivity (Wildman–Crippen MR) is 156 cm³/mol. The number of benzene rings is 3. The number of aryl methyl sites for hydroxylation is 1. The lowest BCUT2D eigenvalue weighted by atomic mass is 9.96. The van der Waals surface area contributed by atoms with E-state index in [0.29, 0.717) is 41.4 Å². The average Bonchev–Trinajstić information content (AvgIpc) is 2.92. The van der Waals surface area contributed by atoms with Crippen LogP contribution in [0.3, 0.4) is 0 Å². The van der Waals surface area contributed by atoms with Crippen molar-refractivity contribution in [1.29, 1.82) is 0 Å². The first-order valence-electron chi connectivity index (χ1n) is 13.0. The molecular weight excluding hydrogens is 490 g/mol. The van der Waals surface area contributed by atoms with Gasteiger partial charge in [-0.3, -0.25) is 4.79 Å². The summed E-state index contributed by atoms with van der Waals surface area (Å²) in [6, 6.07) is 16.8. The summed E-state index contributed by atoms with van der Waals surface area (Å²) < 4.78 is 18.6. The normalized spacial score (nSPS) is 11.2. The first-order chi connectivity index (χ1) is 18.9. The van der Waals surface area contributed by atoms with Crippen LogP contribution < -0.4 is 19.8 Å². The van der Waals surface area contributed by atoms with Crippen LogP contribution in [0.2, 0.25) is 0 Å². The van der Waals surface area contributed by atoms with E-state index < -0.39 is 0 Å². The minimum Gasteiger partial charge on any atom is -0.494 e. The molecule has 7 nitrogen and oxygen atoms in total. The van der Waals surface area contributed by atoms with Crippen LogP contribution in [0.5, 0.6) is 17.2 Å². The summed E-state index contributed by atoms with van der Waals surface area (Å²) in [6.07, 6.45) is 6.95. The van der Waals surface area contributed by atoms with Crippen molar-refractivity contribution in [2.24, 2.45) is 5.10 Å². The van der Waals surface area contributed by atoms with Gasteiger partial charge in [0.1, 0.15) is 12.4 Å². The smallest absolute Gasteiger partial charge is 0.282 e. The molecule has 0 amide bonds. The first kappa shape index (κ1) is 27.5. The van der Waals surface area contributed by atoms with E-state index in [1.807, 2.05) is 51.1 Å². The molecule has 4 aromatic rings. The second-order valence-corrected chi connectivity index (χ2v) is 9.24. The quantitative estimate of drug-likeness (QED) is 0.183. The van der Waals surface area contributed by atoms with Gasteiger partial charge in [0.25, 0.3) is 5.56 Å². The molecule has 0 unspecified atom stereocenters. The van der Waals surface area contributed by atoms with Crippen LogP contribution >= 0.6 is 0 Å². The van der Waals surface area contributed by atoms with Crippen LogP contribution in [0, 0.1) is 19.3 Å². The Balaban J connectivity index is 1.89. The third-order valence-corrected chi connectivity index (χ3v) is 6.17. The number of hydrogen-bond acceptors (Lipinski definition) is 6. The SMILES string of the molecule is C#CCOc1ccc(C=Nn2c(-c3cc(C(C)C)c(OCC)cc3C)nc3ccccc3c2=O)cc1OCC. The Morgan fingerprint density at radius 1 is 1.00 bits per heavy atom. The second kappa shape index (κ2) is 12.3. The fourth-order valence-corrected chi connectivity index (χ4v) is 4.31. The molecule has 0 N–H and O–H groups in total. The van der Waals surface area contributed by atoms with Crippen molar-refractivity contribution in [3.63, 3.8) is 0 Å². The Kier molecular flexibility index (Phi) is 8.67. The maximum atomic E-state index is 13.7. The van der Waals surface area contributed by atoms with E-state index in [9.17, 15) is 4.79 Å². The number of aromatic nitrogens is 2. The summed E-state index contributed by atoms with van der Waals surface area (Å²) in [5.74, 6) is 5.05. The predicted octanol–water partition coefficient (Wildman–Crippen LogP) is 6.19. The molecule has 0 aliphatic heterocycles. The molecule has 7 heteroatoms. The molecular formula is C32H33N3O4. The lowest BCUT2D eigenvalue weighted by molar-refractivity contribution is 0.299. The van der Waals surface area contributed by atoms with Crippen LogP contribution in [0.1, 0.15) is 50.3 Å². The van der Waals surface area contributed by atoms with Crippen LogP contribution in [-0.2, 0) is 0 Å². The second-order valence-electron chi connectivity index (χ2n) is 9.24. The van der Waals surface area contributed by atoms with Crippen LogP contribution in [0.4, 0.5) is 0 Å². The maximum Gasteiger partial charge on any atom is 0.282 e. The molecule has 0 aliphatic rings. The minimum atomic E-state index is -0.259. The van der Waals surface area contributed by atoms with Gasteiger partial charge in [-0.15, -0.1) is 6.42 Å². The number of rotatable bonds is 10. The van der Waals surface area contributed by atoms with Gasteiger partial charge < -0.3 is 14.2 Å². The molecule has 4 rings (SSSR count). The van der Waals surface area contributed by atoms with E-state index in [4.69, 9.17) is 25.6 Å². The summed E-state index contributed by atoms with van der Waals surface area (Å²) in [5, 5.41) is 5.11. The number of hydrogen-bond donors (Lipinski definition) is 0. The summed E-state index contributed by atoms with van der Waals surface area (Å²) in [6.45, 7) is 11.2. The molecule has 0 aliphatic carbocycles. The van der Waals surface area contributed by atoms with Crippen molar-refractivity contribution in [2.75, 3.05) is 19.8 Å². The molecule has 200 valence electrons. The molecule has 0 atom stereocenters. The highest BCUT2D eigenvalue weighted by atomic mass is 16.5. The Morgan fingerprint density at radius 3 is 2.46 bits per heavy atom. The van der Waals surface area contributed by atoms with Gasteiger partial charge in [-0.25, -0.2) is 4.98 Å². The fourth-order valence-electron chi connectivity index (χ4n) is 4.31. The zero-order chi connectivity index (χ0) is 27.9. The number of fused-ring (bicyclic) bond motifs is 1. The first-order valence-corrected chi connectivity index (χ1v) is 13.0. The molecule has 0 saturated heterocycles. The van der Waals surface area contributed by atoms with Gasteiger partial charge >= 0.3 is 0 Å². The lowest BCUT2D eigenvalue weighted by Crippen LogP contribution is -2.21. The molecule has 0 bridgehead atoms. The lowest BCUT2D eigenvalue weighted by Gasteiger charge is -2.18. The zero-order valence-corrected chi connectivity index (χ0v) is 23.0. The van der Waals surface area contributed by atoms with Gasteiger partial charge in [-0.05, 0) is 85.8 Å². The Labute approximate surface area is 229 Å². The highest BCUT2D eigenvalue weighted by molar-refractivity contribution is 5.83. The van der Waals surface area contributed by atoms with Crippen molar-refractivity contribution in [2.45, 2.75) is 40.5 Å². The molecule has 0 fully saturated rings. The van der Waals surface area contributed by atoms with Gasteiger partial charge in [0, 0.05) is 5.56 Å². The Bertz CT molecular complexity index is 1610. The Hall–Kier alpha value is -4.57. The average molecular weight is 524 g/mol. The van der Waals surface area contributed by atoms with Gasteiger partial charge in [0.15, 0.2) is 17.3 Å². The topological polar surface area (TPSA) is 74.9 Å². The van der Waals surface area contributed by atoms with E-state index in [1.165, 1.54) is 4.68 Å². The van der Waals surface area contributed by atoms with E-state index in [0.717, 1.165) is 28.0 Å². The van der Waals surface area contributed by atoms with E-state index >= 15 is 0 Å². The molecule has 0 spiro atoms. The highest BCUT2D eigenvalue weighted by Gasteiger charge is 2.18. The van der Waals surface area contributed by atoms with E-state index in [2.05, 4.69) is 30.9 Å². The largest absolute Gasteiger partial charge is 0.494 e. The third kappa shape index (κ3) is 5.96. The summed E-state index contributed by atoms with van der Waals surface area (Å²) in [5.41, 5.74) is 3.86. The van der Waals surface area contributed by atoms with Crippen molar-refractivity contribution < 1.29 is 14.2 Å². The monoisotopic (exact) mass is 523 g/mol. The van der Waals surface area contributed by atoms with Gasteiger partial charge in [0.2, 0.25) is 0 Å². The van der Waals surface area contributed by atoms with E-state index in [1.54, 1.807) is 24.4 Å². The van der Waals surface area contributed by atoms with Crippen LogP contribution in [0.15, 0.2) is 64.5 Å². The van der Waals surface area contributed by atoms with Crippen molar-refractivity contribution in [1.82, 2.24) is 9.66 Å². The number of ether oxygens (including phenoxy) is 3. The number of nitrogens with zero attached hydrogens (tertiary/aromatic N) is 3. The molecule has 0 radical (unpaired) electrons. The molecule has 0 saturated carbocycles. The standard InChI is InChI=1S/C32H33N3O4/c1-7-16-39-28-15-14-23(18-30(28)38-9-3)20-33-35-31(34-27-13-11-10-12-24(27)32(35)36)26-19-25(21(4)5)29(37-8-2)17-22(26)6/h1,10-15,17-21H,8-9,16H2,2-6H3. The summed E-state index contributed by atoms with van der Waals surface area (Å²) in [4.78, 5) is 18.6. The van der Waals surface area contributed by atoms with Gasteiger partial charge in [0.05, 0.1) is 30.3 Å². The summed E-state index contributed by atoms with van der Waals surface area (Å²) in [7, 11) is 0. The maximum absolute atomic E-state index is 13.7. The van der Waals surface area contributed by atoms with Crippen molar-refractivity contribution >= 4 is 17.1 Å². The van der Waals surface area contributed by atoms with Crippen LogP contribution in [-0.4, -0.2) is 35.7 Å². The molecule has 3 aromatic carbocycles. The van der Waals surface area contributed by atoms with Crippen LogP contribution in [0.25, 0.3) is 22.3 Å². The third-order valence-electron chi connectivity index (χ3n) is 6.17. The summed E-state index contributed by atoms with van der Waals surface area (Å²) >= 11 is 0. The highest BCUT2D eigenvalue weighted by Crippen LogP contribution is 2.34. The van der Waals surface area contributed by atoms with Crippen molar-refractivity contribution in [3.05, 3.63) is 81.6 Å². The molecule has 1 heterocycles. The minimum absolute atomic E-state index is 0.134. The van der Waals surface area contributed by atoms with Gasteiger partial charge in [-0.2, -0.15) is 9.78 Å². The zero-order valence-electron chi connectivity index (χ0n) is 23.0. The number of terminal acetylenes is 1. The van der Waals surface area contributed by atoms with E-state index in [-0.39, 0.29) is 18.1 Å². The Morgan fingerprint density at radius 2 is 1.74 bits per heavy atom. The fraction of sp³-hybridized carbons (Fsp3) is 0.281.